The molecule has 1 aromatic carbocycles. The van der Waals surface area contributed by atoms with E-state index < -0.39 is 6.03 Å². The van der Waals surface area contributed by atoms with Crippen LogP contribution in [0.5, 0.6) is 0 Å². The van der Waals surface area contributed by atoms with Crippen LogP contribution >= 0.6 is 0 Å². The summed E-state index contributed by atoms with van der Waals surface area (Å²) >= 11 is 0. The Labute approximate surface area is 110 Å². The van der Waals surface area contributed by atoms with Gasteiger partial charge in [0, 0.05) is 13.6 Å². The van der Waals surface area contributed by atoms with Crippen LogP contribution in [0.25, 0.3) is 11.1 Å². The second-order valence-electron chi connectivity index (χ2n) is 4.12. The number of hydrogen-bond acceptors (Lipinski definition) is 2. The number of nitrogens with one attached hydrogen (secondary N) is 1. The molecule has 2 aromatic rings. The molecule has 0 saturated carbocycles. The van der Waals surface area contributed by atoms with E-state index in [9.17, 15) is 9.59 Å². The van der Waals surface area contributed by atoms with E-state index in [2.05, 4.69) is 5.32 Å². The van der Waals surface area contributed by atoms with Gasteiger partial charge in [0.15, 0.2) is 0 Å². The van der Waals surface area contributed by atoms with Crippen LogP contribution in [-0.4, -0.2) is 15.4 Å². The molecule has 0 atom stereocenters. The SMILES string of the molecule is CCn1c(=O)c(-c2ccccc2)c(NC(N)=O)n1C. The number of urea groups is 1. The number of rotatable bonds is 3. The van der Waals surface area contributed by atoms with E-state index in [1.165, 1.54) is 4.68 Å². The molecule has 0 bridgehead atoms. The van der Waals surface area contributed by atoms with Gasteiger partial charge < -0.3 is 5.73 Å². The van der Waals surface area contributed by atoms with Crippen molar-refractivity contribution in [2.24, 2.45) is 12.8 Å². The van der Waals surface area contributed by atoms with Crippen molar-refractivity contribution in [3.05, 3.63) is 40.7 Å². The maximum atomic E-state index is 12.4. The fourth-order valence-electron chi connectivity index (χ4n) is 2.13. The summed E-state index contributed by atoms with van der Waals surface area (Å²) in [5, 5.41) is 2.52. The number of anilines is 1. The molecule has 100 valence electrons. The molecule has 0 unspecified atom stereocenters. The highest BCUT2D eigenvalue weighted by atomic mass is 16.2. The summed E-state index contributed by atoms with van der Waals surface area (Å²) in [5.41, 5.74) is 6.21. The van der Waals surface area contributed by atoms with E-state index in [4.69, 9.17) is 5.73 Å². The van der Waals surface area contributed by atoms with Gasteiger partial charge in [-0.3, -0.25) is 14.8 Å². The Bertz CT molecular complexity index is 655. The molecule has 2 rings (SSSR count). The van der Waals surface area contributed by atoms with E-state index in [1.54, 1.807) is 11.7 Å². The molecule has 0 spiro atoms. The van der Waals surface area contributed by atoms with Crippen molar-refractivity contribution in [3.8, 4) is 11.1 Å². The molecular weight excluding hydrogens is 244 g/mol. The molecule has 0 fully saturated rings. The van der Waals surface area contributed by atoms with Gasteiger partial charge in [-0.2, -0.15) is 0 Å². The molecule has 19 heavy (non-hydrogen) atoms. The topological polar surface area (TPSA) is 82.1 Å². The monoisotopic (exact) mass is 260 g/mol. The number of nitrogens with two attached hydrogens (primary N) is 1. The van der Waals surface area contributed by atoms with Crippen LogP contribution in [0.1, 0.15) is 6.92 Å². The first-order chi connectivity index (χ1) is 9.06. The summed E-state index contributed by atoms with van der Waals surface area (Å²) in [6, 6.07) is 8.50. The fourth-order valence-corrected chi connectivity index (χ4v) is 2.13. The third-order valence-corrected chi connectivity index (χ3v) is 2.97. The van der Waals surface area contributed by atoms with Crippen LogP contribution in [0.4, 0.5) is 10.6 Å². The van der Waals surface area contributed by atoms with Gasteiger partial charge in [0.25, 0.3) is 5.56 Å². The van der Waals surface area contributed by atoms with E-state index in [1.807, 2.05) is 37.3 Å². The maximum Gasteiger partial charge on any atom is 0.317 e. The Balaban J connectivity index is 2.71. The highest BCUT2D eigenvalue weighted by molar-refractivity contribution is 5.92. The minimum absolute atomic E-state index is 0.153. The Kier molecular flexibility index (Phi) is 3.41. The number of nitrogens with zero attached hydrogens (tertiary/aromatic N) is 2. The van der Waals surface area contributed by atoms with E-state index in [0.717, 1.165) is 5.56 Å². The molecule has 0 aliphatic heterocycles. The molecule has 1 heterocycles. The highest BCUT2D eigenvalue weighted by Crippen LogP contribution is 2.24. The molecule has 2 amide bonds. The number of benzene rings is 1. The Morgan fingerprint density at radius 2 is 1.95 bits per heavy atom. The predicted octanol–water partition coefficient (Wildman–Crippen LogP) is 1.36. The van der Waals surface area contributed by atoms with E-state index in [-0.39, 0.29) is 5.56 Å². The van der Waals surface area contributed by atoms with E-state index in [0.29, 0.717) is 17.9 Å². The third kappa shape index (κ3) is 2.24. The van der Waals surface area contributed by atoms with Crippen molar-refractivity contribution in [3.63, 3.8) is 0 Å². The van der Waals surface area contributed by atoms with Crippen molar-refractivity contribution in [2.45, 2.75) is 13.5 Å². The second kappa shape index (κ2) is 5.01. The average molecular weight is 260 g/mol. The zero-order chi connectivity index (χ0) is 14.0. The highest BCUT2D eigenvalue weighted by Gasteiger charge is 2.19. The molecular formula is C13H16N4O2. The number of carbonyl (C=O) groups excluding carboxylic acids is 1. The first-order valence-corrected chi connectivity index (χ1v) is 5.98. The summed E-state index contributed by atoms with van der Waals surface area (Å²) in [5.74, 6) is 0.408. The van der Waals surface area contributed by atoms with Gasteiger partial charge >= 0.3 is 6.03 Å². The van der Waals surface area contributed by atoms with Crippen molar-refractivity contribution in [1.82, 2.24) is 9.36 Å². The molecule has 6 nitrogen and oxygen atoms in total. The number of aromatic nitrogens is 2. The summed E-state index contributed by atoms with van der Waals surface area (Å²) in [6.07, 6.45) is 0. The lowest BCUT2D eigenvalue weighted by atomic mass is 10.1. The minimum atomic E-state index is -0.693. The van der Waals surface area contributed by atoms with Crippen molar-refractivity contribution >= 4 is 11.8 Å². The average Bonchev–Trinajstić information content (AvgIpc) is 2.61. The second-order valence-corrected chi connectivity index (χ2v) is 4.12. The first-order valence-electron chi connectivity index (χ1n) is 5.98. The van der Waals surface area contributed by atoms with Crippen LogP contribution in [0.15, 0.2) is 35.1 Å². The third-order valence-electron chi connectivity index (χ3n) is 2.97. The number of amides is 2. The lowest BCUT2D eigenvalue weighted by molar-refractivity contribution is 0.259. The van der Waals surface area contributed by atoms with Crippen LogP contribution in [0.2, 0.25) is 0 Å². The number of hydrogen-bond donors (Lipinski definition) is 2. The van der Waals surface area contributed by atoms with Crippen molar-refractivity contribution < 1.29 is 4.79 Å². The van der Waals surface area contributed by atoms with E-state index >= 15 is 0 Å². The van der Waals surface area contributed by atoms with Gasteiger partial charge in [0.2, 0.25) is 0 Å². The fraction of sp³-hybridized carbons (Fsp3) is 0.231. The Hall–Kier alpha value is -2.50. The maximum absolute atomic E-state index is 12.4. The largest absolute Gasteiger partial charge is 0.351 e. The van der Waals surface area contributed by atoms with Crippen molar-refractivity contribution in [1.29, 1.82) is 0 Å². The van der Waals surface area contributed by atoms with Gasteiger partial charge in [0.05, 0.1) is 5.56 Å². The zero-order valence-electron chi connectivity index (χ0n) is 10.9. The molecule has 0 radical (unpaired) electrons. The smallest absolute Gasteiger partial charge is 0.317 e. The van der Waals surface area contributed by atoms with Crippen LogP contribution in [0.3, 0.4) is 0 Å². The lowest BCUT2D eigenvalue weighted by Gasteiger charge is -2.08. The van der Waals surface area contributed by atoms with Crippen LogP contribution < -0.4 is 16.6 Å². The number of carbonyl (C=O) groups is 1. The minimum Gasteiger partial charge on any atom is -0.351 e. The molecule has 0 aliphatic carbocycles. The van der Waals surface area contributed by atoms with Gasteiger partial charge in [-0.1, -0.05) is 30.3 Å². The molecule has 6 heteroatoms. The normalized spacial score (nSPS) is 10.4. The Morgan fingerprint density at radius 1 is 1.32 bits per heavy atom. The molecule has 0 saturated heterocycles. The lowest BCUT2D eigenvalue weighted by Crippen LogP contribution is -2.23. The van der Waals surface area contributed by atoms with Gasteiger partial charge in [-0.05, 0) is 12.5 Å². The molecule has 0 aliphatic rings. The molecule has 3 N–H and O–H groups in total. The zero-order valence-corrected chi connectivity index (χ0v) is 10.9. The quantitative estimate of drug-likeness (QED) is 0.873. The summed E-state index contributed by atoms with van der Waals surface area (Å²) < 4.78 is 3.14. The standard InChI is InChI=1S/C13H16N4O2/c1-3-17-12(18)10(9-7-5-4-6-8-9)11(16(17)2)15-13(14)19/h4-8H,3H2,1-2H3,(H3,14,15,19). The summed E-state index contributed by atoms with van der Waals surface area (Å²) in [4.78, 5) is 23.5. The molecule has 1 aromatic heterocycles. The van der Waals surface area contributed by atoms with Gasteiger partial charge in [-0.15, -0.1) is 0 Å². The van der Waals surface area contributed by atoms with Crippen molar-refractivity contribution in [2.75, 3.05) is 5.32 Å². The van der Waals surface area contributed by atoms with Crippen LogP contribution in [-0.2, 0) is 13.6 Å². The van der Waals surface area contributed by atoms with Gasteiger partial charge in [-0.25, -0.2) is 9.48 Å². The summed E-state index contributed by atoms with van der Waals surface area (Å²) in [7, 11) is 1.71. The first kappa shape index (κ1) is 12.9. The van der Waals surface area contributed by atoms with Crippen LogP contribution in [0, 0.1) is 0 Å². The number of primary amides is 1. The van der Waals surface area contributed by atoms with Gasteiger partial charge in [0.1, 0.15) is 5.82 Å². The Morgan fingerprint density at radius 3 is 2.47 bits per heavy atom. The summed E-state index contributed by atoms with van der Waals surface area (Å²) in [6.45, 7) is 2.37. The predicted molar refractivity (Wildman–Crippen MR) is 74.0 cm³/mol.